The van der Waals surface area contributed by atoms with Crippen molar-refractivity contribution in [1.82, 2.24) is 5.32 Å². The number of halogens is 2. The van der Waals surface area contributed by atoms with Gasteiger partial charge in [0.2, 0.25) is 0 Å². The highest BCUT2D eigenvalue weighted by Gasteiger charge is 2.22. The zero-order valence-corrected chi connectivity index (χ0v) is 11.5. The maximum atomic E-state index is 13.1. The smallest absolute Gasteiger partial charge is 0.330 e. The lowest BCUT2D eigenvalue weighted by Gasteiger charge is -2.15. The molecule has 0 aliphatic heterocycles. The Morgan fingerprint density at radius 1 is 1.14 bits per heavy atom. The van der Waals surface area contributed by atoms with Crippen molar-refractivity contribution in [1.29, 1.82) is 0 Å². The summed E-state index contributed by atoms with van der Waals surface area (Å²) < 4.78 is 13.1. The number of carboxylic acids is 1. The summed E-state index contributed by atoms with van der Waals surface area (Å²) in [5.74, 6) is -2.48. The van der Waals surface area contributed by atoms with Crippen LogP contribution in [0, 0.1) is 5.82 Å². The predicted octanol–water partition coefficient (Wildman–Crippen LogP) is 3.03. The van der Waals surface area contributed by atoms with Crippen molar-refractivity contribution < 1.29 is 19.1 Å². The van der Waals surface area contributed by atoms with E-state index in [2.05, 4.69) is 5.32 Å². The molecule has 0 aliphatic rings. The van der Waals surface area contributed by atoms with Crippen LogP contribution in [0.15, 0.2) is 48.5 Å². The Bertz CT molecular complexity index is 676. The van der Waals surface area contributed by atoms with Crippen molar-refractivity contribution >= 4 is 23.5 Å². The maximum absolute atomic E-state index is 13.1. The van der Waals surface area contributed by atoms with Gasteiger partial charge in [-0.05, 0) is 23.8 Å². The van der Waals surface area contributed by atoms with E-state index in [9.17, 15) is 19.1 Å². The summed E-state index contributed by atoms with van der Waals surface area (Å²) in [6.07, 6.45) is 0. The SMILES string of the molecule is O=C(NC(C(=O)O)c1ccccc1)c1ccc(F)c(Cl)c1. The third-order valence-corrected chi connectivity index (χ3v) is 3.13. The fourth-order valence-electron chi connectivity index (χ4n) is 1.78. The van der Waals surface area contributed by atoms with Crippen LogP contribution in [0.3, 0.4) is 0 Å². The lowest BCUT2D eigenvalue weighted by Crippen LogP contribution is -2.33. The fourth-order valence-corrected chi connectivity index (χ4v) is 1.97. The second kappa shape index (κ2) is 6.37. The quantitative estimate of drug-likeness (QED) is 0.912. The van der Waals surface area contributed by atoms with Crippen LogP contribution in [0.4, 0.5) is 4.39 Å². The van der Waals surface area contributed by atoms with E-state index in [4.69, 9.17) is 11.6 Å². The molecule has 0 fully saturated rings. The Balaban J connectivity index is 2.23. The number of benzene rings is 2. The molecule has 1 amide bonds. The largest absolute Gasteiger partial charge is 0.479 e. The van der Waals surface area contributed by atoms with E-state index in [-0.39, 0.29) is 10.6 Å². The molecule has 0 aromatic heterocycles. The number of amides is 1. The molecule has 0 bridgehead atoms. The second-order valence-electron chi connectivity index (χ2n) is 4.28. The molecule has 0 radical (unpaired) electrons. The van der Waals surface area contributed by atoms with Crippen LogP contribution in [0.5, 0.6) is 0 Å². The number of rotatable bonds is 4. The van der Waals surface area contributed by atoms with Gasteiger partial charge >= 0.3 is 5.97 Å². The van der Waals surface area contributed by atoms with E-state index >= 15 is 0 Å². The Labute approximate surface area is 125 Å². The van der Waals surface area contributed by atoms with Crippen LogP contribution in [0.25, 0.3) is 0 Å². The summed E-state index contributed by atoms with van der Waals surface area (Å²) in [7, 11) is 0. The summed E-state index contributed by atoms with van der Waals surface area (Å²) in [6.45, 7) is 0. The third-order valence-electron chi connectivity index (χ3n) is 2.84. The van der Waals surface area contributed by atoms with Gasteiger partial charge < -0.3 is 10.4 Å². The minimum Gasteiger partial charge on any atom is -0.479 e. The minimum atomic E-state index is -1.19. The summed E-state index contributed by atoms with van der Waals surface area (Å²) in [6, 6.07) is 10.5. The molecule has 4 nitrogen and oxygen atoms in total. The van der Waals surface area contributed by atoms with Gasteiger partial charge in [0.15, 0.2) is 6.04 Å². The predicted molar refractivity (Wildman–Crippen MR) is 75.7 cm³/mol. The summed E-state index contributed by atoms with van der Waals surface area (Å²) >= 11 is 5.60. The molecule has 108 valence electrons. The molecule has 0 heterocycles. The van der Waals surface area contributed by atoms with Gasteiger partial charge in [0.1, 0.15) is 5.82 Å². The van der Waals surface area contributed by atoms with E-state index in [0.29, 0.717) is 5.56 Å². The summed E-state index contributed by atoms with van der Waals surface area (Å²) in [5.41, 5.74) is 0.523. The zero-order chi connectivity index (χ0) is 15.4. The molecule has 2 aromatic carbocycles. The van der Waals surface area contributed by atoms with Crippen molar-refractivity contribution in [3.8, 4) is 0 Å². The molecule has 0 spiro atoms. The van der Waals surface area contributed by atoms with Crippen LogP contribution in [-0.2, 0) is 4.79 Å². The average molecular weight is 308 g/mol. The Morgan fingerprint density at radius 2 is 1.81 bits per heavy atom. The molecule has 0 saturated carbocycles. The van der Waals surface area contributed by atoms with E-state index in [0.717, 1.165) is 12.1 Å². The molecule has 2 N–H and O–H groups in total. The Kier molecular flexibility index (Phi) is 4.55. The minimum absolute atomic E-state index is 0.0866. The normalized spacial score (nSPS) is 11.7. The van der Waals surface area contributed by atoms with E-state index in [1.807, 2.05) is 0 Å². The Morgan fingerprint density at radius 3 is 2.38 bits per heavy atom. The number of carbonyl (C=O) groups is 2. The fraction of sp³-hybridized carbons (Fsp3) is 0.0667. The van der Waals surface area contributed by atoms with Gasteiger partial charge in [-0.15, -0.1) is 0 Å². The Hall–Kier alpha value is -2.40. The lowest BCUT2D eigenvalue weighted by atomic mass is 10.1. The third kappa shape index (κ3) is 3.58. The van der Waals surface area contributed by atoms with Gasteiger partial charge in [0, 0.05) is 5.56 Å². The standard InChI is InChI=1S/C15H11ClFNO3/c16-11-8-10(6-7-12(11)17)14(19)18-13(15(20)21)9-4-2-1-3-5-9/h1-8,13H,(H,18,19)(H,20,21). The molecule has 2 rings (SSSR count). The van der Waals surface area contributed by atoms with Crippen molar-refractivity contribution in [3.63, 3.8) is 0 Å². The van der Waals surface area contributed by atoms with Gasteiger partial charge in [-0.3, -0.25) is 4.79 Å². The highest BCUT2D eigenvalue weighted by atomic mass is 35.5. The first kappa shape index (κ1) is 15.0. The molecule has 1 atom stereocenters. The van der Waals surface area contributed by atoms with Crippen molar-refractivity contribution in [2.24, 2.45) is 0 Å². The number of nitrogens with one attached hydrogen (secondary N) is 1. The topological polar surface area (TPSA) is 66.4 Å². The van der Waals surface area contributed by atoms with Crippen LogP contribution >= 0.6 is 11.6 Å². The van der Waals surface area contributed by atoms with Crippen molar-refractivity contribution in [2.75, 3.05) is 0 Å². The number of carboxylic acid groups (broad SMARTS) is 1. The van der Waals surface area contributed by atoms with Gasteiger partial charge in [0.05, 0.1) is 5.02 Å². The average Bonchev–Trinajstić information content (AvgIpc) is 2.48. The van der Waals surface area contributed by atoms with E-state index in [1.165, 1.54) is 6.07 Å². The van der Waals surface area contributed by atoms with Crippen LogP contribution in [0.2, 0.25) is 5.02 Å². The zero-order valence-electron chi connectivity index (χ0n) is 10.7. The van der Waals surface area contributed by atoms with Crippen LogP contribution in [0.1, 0.15) is 22.0 Å². The number of carbonyl (C=O) groups excluding carboxylic acids is 1. The molecule has 1 unspecified atom stereocenters. The van der Waals surface area contributed by atoms with Gasteiger partial charge in [-0.1, -0.05) is 41.9 Å². The summed E-state index contributed by atoms with van der Waals surface area (Å²) in [4.78, 5) is 23.3. The van der Waals surface area contributed by atoms with Crippen LogP contribution < -0.4 is 5.32 Å². The molecule has 0 saturated heterocycles. The number of hydrogen-bond acceptors (Lipinski definition) is 2. The highest BCUT2D eigenvalue weighted by molar-refractivity contribution is 6.31. The first-order valence-electron chi connectivity index (χ1n) is 6.02. The lowest BCUT2D eigenvalue weighted by molar-refractivity contribution is -0.139. The van der Waals surface area contributed by atoms with Gasteiger partial charge in [0.25, 0.3) is 5.91 Å². The summed E-state index contributed by atoms with van der Waals surface area (Å²) in [5, 5.41) is 11.4. The monoisotopic (exact) mass is 307 g/mol. The van der Waals surface area contributed by atoms with E-state index < -0.39 is 23.7 Å². The molecule has 21 heavy (non-hydrogen) atoms. The molecular formula is C15H11ClFNO3. The van der Waals surface area contributed by atoms with Gasteiger partial charge in [-0.2, -0.15) is 0 Å². The van der Waals surface area contributed by atoms with Gasteiger partial charge in [-0.25, -0.2) is 9.18 Å². The van der Waals surface area contributed by atoms with E-state index in [1.54, 1.807) is 30.3 Å². The van der Waals surface area contributed by atoms with Crippen molar-refractivity contribution in [3.05, 3.63) is 70.5 Å². The highest BCUT2D eigenvalue weighted by Crippen LogP contribution is 2.18. The number of hydrogen-bond donors (Lipinski definition) is 2. The number of aliphatic carboxylic acids is 1. The molecule has 6 heteroatoms. The first-order chi connectivity index (χ1) is 9.99. The molecule has 2 aromatic rings. The molecule has 0 aliphatic carbocycles. The molecular weight excluding hydrogens is 297 g/mol. The first-order valence-corrected chi connectivity index (χ1v) is 6.40. The second-order valence-corrected chi connectivity index (χ2v) is 4.69. The maximum Gasteiger partial charge on any atom is 0.330 e. The van der Waals surface area contributed by atoms with Crippen molar-refractivity contribution in [2.45, 2.75) is 6.04 Å². The van der Waals surface area contributed by atoms with Crippen LogP contribution in [-0.4, -0.2) is 17.0 Å².